The van der Waals surface area contributed by atoms with Crippen molar-refractivity contribution >= 4 is 23.1 Å². The lowest BCUT2D eigenvalue weighted by atomic mass is 10.0. The van der Waals surface area contributed by atoms with E-state index in [0.717, 1.165) is 12.0 Å². The predicted octanol–water partition coefficient (Wildman–Crippen LogP) is 3.11. The van der Waals surface area contributed by atoms with Crippen LogP contribution >= 0.6 is 11.6 Å². The molecule has 1 aromatic rings. The van der Waals surface area contributed by atoms with Gasteiger partial charge in [-0.3, -0.25) is 14.9 Å². The zero-order chi connectivity index (χ0) is 12.8. The lowest BCUT2D eigenvalue weighted by Gasteiger charge is -2.07. The molecular formula is C12H14ClNO3. The number of hydrogen-bond donors (Lipinski definition) is 0. The van der Waals surface area contributed by atoms with Crippen LogP contribution < -0.4 is 0 Å². The van der Waals surface area contributed by atoms with E-state index < -0.39 is 10.3 Å². The Morgan fingerprint density at radius 1 is 1.41 bits per heavy atom. The molecule has 0 aliphatic heterocycles. The highest BCUT2D eigenvalue weighted by Crippen LogP contribution is 2.16. The van der Waals surface area contributed by atoms with Crippen molar-refractivity contribution in [3.63, 3.8) is 0 Å². The Balaban J connectivity index is 2.63. The normalized spacial score (nSPS) is 12.1. The smallest absolute Gasteiger partial charge is 0.269 e. The second-order valence-electron chi connectivity index (χ2n) is 3.81. The Morgan fingerprint density at radius 2 is 2.00 bits per heavy atom. The summed E-state index contributed by atoms with van der Waals surface area (Å²) in [6.45, 7) is 1.92. The number of carbonyl (C=O) groups excluding carboxylic acids is 1. The number of halogens is 1. The number of nitro groups is 1. The van der Waals surface area contributed by atoms with Gasteiger partial charge in [-0.15, -0.1) is 11.6 Å². The molecule has 1 atom stereocenters. The molecule has 0 heterocycles. The number of hydrogen-bond acceptors (Lipinski definition) is 3. The van der Waals surface area contributed by atoms with Crippen molar-refractivity contribution in [3.8, 4) is 0 Å². The molecule has 0 saturated heterocycles. The van der Waals surface area contributed by atoms with Crippen molar-refractivity contribution in [1.29, 1.82) is 0 Å². The first kappa shape index (κ1) is 13.6. The number of rotatable bonds is 6. The van der Waals surface area contributed by atoms with E-state index in [4.69, 9.17) is 11.6 Å². The Morgan fingerprint density at radius 3 is 2.47 bits per heavy atom. The molecule has 92 valence electrons. The third kappa shape index (κ3) is 4.15. The van der Waals surface area contributed by atoms with Gasteiger partial charge in [0.15, 0.2) is 5.78 Å². The molecule has 0 saturated carbocycles. The van der Waals surface area contributed by atoms with Gasteiger partial charge in [-0.05, 0) is 18.4 Å². The number of ketones is 1. The standard InChI is InChI=1S/C12H14ClNO3/c1-2-3-12(15)11(13)8-9-4-6-10(7-5-9)14(16)17/h4-7,11H,2-3,8H2,1H3. The molecule has 5 heteroatoms. The summed E-state index contributed by atoms with van der Waals surface area (Å²) in [6.07, 6.45) is 1.67. The maximum absolute atomic E-state index is 11.5. The van der Waals surface area contributed by atoms with Gasteiger partial charge in [0, 0.05) is 18.6 Å². The highest BCUT2D eigenvalue weighted by Gasteiger charge is 2.15. The molecule has 1 unspecified atom stereocenters. The minimum atomic E-state index is -0.545. The van der Waals surface area contributed by atoms with E-state index in [1.165, 1.54) is 12.1 Å². The lowest BCUT2D eigenvalue weighted by Crippen LogP contribution is -2.16. The molecule has 0 bridgehead atoms. The lowest BCUT2D eigenvalue weighted by molar-refractivity contribution is -0.384. The van der Waals surface area contributed by atoms with Crippen LogP contribution in [-0.2, 0) is 11.2 Å². The van der Waals surface area contributed by atoms with Crippen LogP contribution in [0.4, 0.5) is 5.69 Å². The minimum absolute atomic E-state index is 0.0209. The van der Waals surface area contributed by atoms with E-state index in [2.05, 4.69) is 0 Å². The van der Waals surface area contributed by atoms with Crippen molar-refractivity contribution in [1.82, 2.24) is 0 Å². The Kier molecular flexibility index (Phi) is 5.10. The molecule has 1 rings (SSSR count). The summed E-state index contributed by atoms with van der Waals surface area (Å²) >= 11 is 5.96. The van der Waals surface area contributed by atoms with Crippen LogP contribution in [0, 0.1) is 10.1 Å². The van der Waals surface area contributed by atoms with E-state index in [1.54, 1.807) is 12.1 Å². The minimum Gasteiger partial charge on any atom is -0.298 e. The van der Waals surface area contributed by atoms with Gasteiger partial charge >= 0.3 is 0 Å². The summed E-state index contributed by atoms with van der Waals surface area (Å²) in [6, 6.07) is 6.10. The summed E-state index contributed by atoms with van der Waals surface area (Å²) < 4.78 is 0. The summed E-state index contributed by atoms with van der Waals surface area (Å²) in [5, 5.41) is 9.91. The number of alkyl halides is 1. The molecular weight excluding hydrogens is 242 g/mol. The van der Waals surface area contributed by atoms with Crippen LogP contribution in [0.15, 0.2) is 24.3 Å². The molecule has 0 amide bonds. The van der Waals surface area contributed by atoms with Gasteiger partial charge in [-0.1, -0.05) is 19.1 Å². The summed E-state index contributed by atoms with van der Waals surface area (Å²) in [5.74, 6) is 0.0209. The van der Waals surface area contributed by atoms with Gasteiger partial charge in [-0.2, -0.15) is 0 Å². The number of carbonyl (C=O) groups is 1. The summed E-state index contributed by atoms with van der Waals surface area (Å²) in [7, 11) is 0. The first-order valence-electron chi connectivity index (χ1n) is 5.44. The van der Waals surface area contributed by atoms with E-state index >= 15 is 0 Å². The maximum atomic E-state index is 11.5. The average molecular weight is 256 g/mol. The molecule has 0 aromatic heterocycles. The molecule has 1 aromatic carbocycles. The second-order valence-corrected chi connectivity index (χ2v) is 4.34. The quantitative estimate of drug-likeness (QED) is 0.446. The average Bonchev–Trinajstić information content (AvgIpc) is 2.30. The van der Waals surface area contributed by atoms with Gasteiger partial charge in [0.25, 0.3) is 5.69 Å². The fourth-order valence-corrected chi connectivity index (χ4v) is 1.76. The second kappa shape index (κ2) is 6.35. The molecule has 17 heavy (non-hydrogen) atoms. The number of nitro benzene ring substituents is 1. The predicted molar refractivity (Wildman–Crippen MR) is 66.4 cm³/mol. The highest BCUT2D eigenvalue weighted by atomic mass is 35.5. The van der Waals surface area contributed by atoms with Crippen LogP contribution in [0.1, 0.15) is 25.3 Å². The van der Waals surface area contributed by atoms with Crippen molar-refractivity contribution in [3.05, 3.63) is 39.9 Å². The maximum Gasteiger partial charge on any atom is 0.269 e. The molecule has 0 fully saturated rings. The highest BCUT2D eigenvalue weighted by molar-refractivity contribution is 6.31. The van der Waals surface area contributed by atoms with Gasteiger partial charge in [-0.25, -0.2) is 0 Å². The summed E-state index contributed by atoms with van der Waals surface area (Å²) in [5.41, 5.74) is 0.875. The topological polar surface area (TPSA) is 60.2 Å². The van der Waals surface area contributed by atoms with Crippen molar-refractivity contribution in [2.45, 2.75) is 31.6 Å². The van der Waals surface area contributed by atoms with Crippen molar-refractivity contribution < 1.29 is 9.72 Å². The van der Waals surface area contributed by atoms with Gasteiger partial charge in [0.05, 0.1) is 10.3 Å². The number of Topliss-reactive ketones (excluding diaryl/α,β-unsaturated/α-hetero) is 1. The zero-order valence-corrected chi connectivity index (χ0v) is 10.3. The summed E-state index contributed by atoms with van der Waals surface area (Å²) in [4.78, 5) is 21.5. The number of nitrogens with zero attached hydrogens (tertiary/aromatic N) is 1. The Bertz CT molecular complexity index is 403. The molecule has 0 aliphatic carbocycles. The molecule has 0 aliphatic rings. The first-order chi connectivity index (χ1) is 8.04. The third-order valence-corrected chi connectivity index (χ3v) is 2.81. The van der Waals surface area contributed by atoms with Crippen molar-refractivity contribution in [2.75, 3.05) is 0 Å². The largest absolute Gasteiger partial charge is 0.298 e. The van der Waals surface area contributed by atoms with Crippen molar-refractivity contribution in [2.24, 2.45) is 0 Å². The Labute approximate surface area is 105 Å². The van der Waals surface area contributed by atoms with E-state index in [-0.39, 0.29) is 11.5 Å². The fourth-order valence-electron chi connectivity index (χ4n) is 1.48. The Hall–Kier alpha value is -1.42. The van der Waals surface area contributed by atoms with Gasteiger partial charge < -0.3 is 0 Å². The molecule has 0 radical (unpaired) electrons. The number of non-ortho nitro benzene ring substituents is 1. The van der Waals surface area contributed by atoms with Crippen LogP contribution in [0.5, 0.6) is 0 Å². The zero-order valence-electron chi connectivity index (χ0n) is 9.56. The molecule has 0 spiro atoms. The monoisotopic (exact) mass is 255 g/mol. The molecule has 4 nitrogen and oxygen atoms in total. The van der Waals surface area contributed by atoms with E-state index in [0.29, 0.717) is 12.8 Å². The van der Waals surface area contributed by atoms with Crippen LogP contribution in [0.25, 0.3) is 0 Å². The first-order valence-corrected chi connectivity index (χ1v) is 5.88. The van der Waals surface area contributed by atoms with Gasteiger partial charge in [0.2, 0.25) is 0 Å². The fraction of sp³-hybridized carbons (Fsp3) is 0.417. The SMILES string of the molecule is CCCC(=O)C(Cl)Cc1ccc([N+](=O)[O-])cc1. The third-order valence-electron chi connectivity index (χ3n) is 2.41. The molecule has 0 N–H and O–H groups in total. The van der Waals surface area contributed by atoms with Crippen LogP contribution in [-0.4, -0.2) is 16.1 Å². The van der Waals surface area contributed by atoms with Gasteiger partial charge in [0.1, 0.15) is 0 Å². The van der Waals surface area contributed by atoms with E-state index in [1.807, 2.05) is 6.92 Å². The van der Waals surface area contributed by atoms with E-state index in [9.17, 15) is 14.9 Å². The van der Waals surface area contributed by atoms with Crippen LogP contribution in [0.3, 0.4) is 0 Å². The number of benzene rings is 1. The van der Waals surface area contributed by atoms with Crippen LogP contribution in [0.2, 0.25) is 0 Å².